The molecule has 0 unspecified atom stereocenters. The molecule has 0 heterocycles. The van der Waals surface area contributed by atoms with E-state index in [1.165, 1.54) is 6.07 Å². The molecule has 2 aromatic rings. The summed E-state index contributed by atoms with van der Waals surface area (Å²) in [5, 5.41) is 1.61. The number of fused-ring (bicyclic) bond motifs is 1. The van der Waals surface area contributed by atoms with Crippen LogP contribution in [0, 0.1) is 5.82 Å². The smallest absolute Gasteiger partial charge is 0.131 e. The van der Waals surface area contributed by atoms with Crippen molar-refractivity contribution < 1.29 is 4.39 Å². The fourth-order valence-electron chi connectivity index (χ4n) is 1.97. The molecule has 1 fully saturated rings. The number of hydrogen-bond donors (Lipinski definition) is 1. The van der Waals surface area contributed by atoms with E-state index < -0.39 is 0 Å². The minimum atomic E-state index is -0.184. The van der Waals surface area contributed by atoms with Crippen molar-refractivity contribution in [2.24, 2.45) is 5.73 Å². The molecule has 1 nitrogen and oxygen atoms in total. The fraction of sp³-hybridized carbons (Fsp3) is 0.231. The van der Waals surface area contributed by atoms with Gasteiger partial charge in [0.2, 0.25) is 0 Å². The lowest BCUT2D eigenvalue weighted by Crippen LogP contribution is -2.18. The molecule has 2 N–H and O–H groups in total. The van der Waals surface area contributed by atoms with Gasteiger partial charge in [-0.05, 0) is 35.9 Å². The maximum atomic E-state index is 13.5. The summed E-state index contributed by atoms with van der Waals surface area (Å²) in [7, 11) is 0. The molecule has 76 valence electrons. The average Bonchev–Trinajstić information content (AvgIpc) is 2.98. The summed E-state index contributed by atoms with van der Waals surface area (Å²) < 4.78 is 13.5. The van der Waals surface area contributed by atoms with Crippen molar-refractivity contribution in [2.45, 2.75) is 18.4 Å². The highest BCUT2D eigenvalue weighted by atomic mass is 19.1. The van der Waals surface area contributed by atoms with E-state index in [9.17, 15) is 4.39 Å². The fourth-order valence-corrected chi connectivity index (χ4v) is 1.97. The highest BCUT2D eigenvalue weighted by molar-refractivity contribution is 5.84. The first-order chi connectivity index (χ1) is 7.19. The zero-order valence-electron chi connectivity index (χ0n) is 8.33. The molecule has 0 saturated heterocycles. The summed E-state index contributed by atoms with van der Waals surface area (Å²) in [5.41, 5.74) is 6.96. The van der Waals surface area contributed by atoms with E-state index in [2.05, 4.69) is 0 Å². The van der Waals surface area contributed by atoms with Crippen LogP contribution in [-0.2, 0) is 5.54 Å². The third-order valence-corrected chi connectivity index (χ3v) is 3.19. The Kier molecular flexibility index (Phi) is 1.65. The Bertz CT molecular complexity index is 529. The summed E-state index contributed by atoms with van der Waals surface area (Å²) in [5.74, 6) is -0.168. The van der Waals surface area contributed by atoms with Crippen molar-refractivity contribution in [2.75, 3.05) is 0 Å². The molecule has 1 aliphatic carbocycles. The molecule has 1 saturated carbocycles. The molecule has 0 spiro atoms. The molecular weight excluding hydrogens is 189 g/mol. The van der Waals surface area contributed by atoms with Gasteiger partial charge in [0.05, 0.1) is 0 Å². The minimum absolute atomic E-state index is 0.168. The highest BCUT2D eigenvalue weighted by Crippen LogP contribution is 2.43. The molecule has 0 amide bonds. The van der Waals surface area contributed by atoms with Crippen LogP contribution in [-0.4, -0.2) is 0 Å². The van der Waals surface area contributed by atoms with Gasteiger partial charge in [0, 0.05) is 10.9 Å². The maximum absolute atomic E-state index is 13.5. The normalized spacial score (nSPS) is 18.0. The van der Waals surface area contributed by atoms with Crippen molar-refractivity contribution >= 4 is 10.8 Å². The molecule has 0 aliphatic heterocycles. The van der Waals surface area contributed by atoms with Gasteiger partial charge >= 0.3 is 0 Å². The number of benzene rings is 2. The van der Waals surface area contributed by atoms with Crippen molar-refractivity contribution in [3.05, 3.63) is 47.8 Å². The van der Waals surface area contributed by atoms with Crippen LogP contribution in [0.25, 0.3) is 10.8 Å². The molecule has 3 rings (SSSR count). The molecular formula is C13H12FN. The topological polar surface area (TPSA) is 26.0 Å². The number of nitrogens with two attached hydrogens (primary N) is 1. The number of hydrogen-bond acceptors (Lipinski definition) is 1. The maximum Gasteiger partial charge on any atom is 0.131 e. The van der Waals surface area contributed by atoms with Crippen molar-refractivity contribution in [1.29, 1.82) is 0 Å². The minimum Gasteiger partial charge on any atom is -0.321 e. The molecule has 0 bridgehead atoms. The van der Waals surface area contributed by atoms with Gasteiger partial charge in [0.1, 0.15) is 5.82 Å². The second-order valence-corrected chi connectivity index (χ2v) is 4.33. The summed E-state index contributed by atoms with van der Waals surface area (Å²) >= 11 is 0. The Labute approximate surface area is 87.7 Å². The number of halogens is 1. The van der Waals surface area contributed by atoms with Gasteiger partial charge in [0.15, 0.2) is 0 Å². The Hall–Kier alpha value is -1.41. The van der Waals surface area contributed by atoms with E-state index in [1.54, 1.807) is 6.07 Å². The van der Waals surface area contributed by atoms with E-state index in [-0.39, 0.29) is 11.4 Å². The zero-order valence-corrected chi connectivity index (χ0v) is 8.33. The third-order valence-electron chi connectivity index (χ3n) is 3.19. The average molecular weight is 201 g/mol. The molecule has 1 aliphatic rings. The van der Waals surface area contributed by atoms with Gasteiger partial charge in [-0.1, -0.05) is 24.3 Å². The van der Waals surface area contributed by atoms with Crippen LogP contribution < -0.4 is 5.73 Å². The lowest BCUT2D eigenvalue weighted by Gasteiger charge is -2.10. The molecule has 2 aromatic carbocycles. The van der Waals surface area contributed by atoms with Crippen molar-refractivity contribution in [3.63, 3.8) is 0 Å². The van der Waals surface area contributed by atoms with Crippen LogP contribution in [0.3, 0.4) is 0 Å². The van der Waals surface area contributed by atoms with Crippen molar-refractivity contribution in [1.82, 2.24) is 0 Å². The van der Waals surface area contributed by atoms with Crippen molar-refractivity contribution in [3.8, 4) is 0 Å². The van der Waals surface area contributed by atoms with Crippen LogP contribution in [0.5, 0.6) is 0 Å². The first kappa shape index (κ1) is 8.86. The molecule has 0 radical (unpaired) electrons. The molecule has 0 atom stereocenters. The quantitative estimate of drug-likeness (QED) is 0.754. The molecule has 15 heavy (non-hydrogen) atoms. The van der Waals surface area contributed by atoms with E-state index in [4.69, 9.17) is 5.73 Å². The molecule has 2 heteroatoms. The van der Waals surface area contributed by atoms with E-state index in [0.29, 0.717) is 5.39 Å². The number of rotatable bonds is 1. The van der Waals surface area contributed by atoms with Gasteiger partial charge in [-0.15, -0.1) is 0 Å². The first-order valence-electron chi connectivity index (χ1n) is 5.17. The zero-order chi connectivity index (χ0) is 10.5. The van der Waals surface area contributed by atoms with Gasteiger partial charge in [-0.2, -0.15) is 0 Å². The Balaban J connectivity index is 2.25. The van der Waals surface area contributed by atoms with Gasteiger partial charge in [-0.3, -0.25) is 0 Å². The molecule has 0 aromatic heterocycles. The van der Waals surface area contributed by atoms with Crippen LogP contribution in [0.4, 0.5) is 4.39 Å². The predicted octanol–water partition coefficient (Wildman–Crippen LogP) is 2.93. The van der Waals surface area contributed by atoms with E-state index in [0.717, 1.165) is 23.8 Å². The van der Waals surface area contributed by atoms with Crippen LogP contribution in [0.2, 0.25) is 0 Å². The lowest BCUT2D eigenvalue weighted by molar-refractivity contribution is 0.639. The Morgan fingerprint density at radius 3 is 2.67 bits per heavy atom. The van der Waals surface area contributed by atoms with Crippen LogP contribution in [0.15, 0.2) is 36.4 Å². The lowest BCUT2D eigenvalue weighted by atomic mass is 10.0. The highest BCUT2D eigenvalue weighted by Gasteiger charge is 2.39. The summed E-state index contributed by atoms with van der Waals surface area (Å²) in [4.78, 5) is 0. The standard InChI is InChI=1S/C13H12FN/c14-12-3-1-2-9-4-5-10(8-11(9)12)13(15)6-7-13/h1-5,8H,6-7,15H2. The van der Waals surface area contributed by atoms with E-state index >= 15 is 0 Å². The summed E-state index contributed by atoms with van der Waals surface area (Å²) in [6.45, 7) is 0. The van der Waals surface area contributed by atoms with Gasteiger partial charge in [0.25, 0.3) is 0 Å². The van der Waals surface area contributed by atoms with Gasteiger partial charge < -0.3 is 5.73 Å². The largest absolute Gasteiger partial charge is 0.321 e. The second kappa shape index (κ2) is 2.80. The van der Waals surface area contributed by atoms with Crippen LogP contribution in [0.1, 0.15) is 18.4 Å². The monoisotopic (exact) mass is 201 g/mol. The predicted molar refractivity (Wildman–Crippen MR) is 59.0 cm³/mol. The first-order valence-corrected chi connectivity index (χ1v) is 5.17. The van der Waals surface area contributed by atoms with Crippen LogP contribution >= 0.6 is 0 Å². The summed E-state index contributed by atoms with van der Waals surface area (Å²) in [6, 6.07) is 11.0. The van der Waals surface area contributed by atoms with Gasteiger partial charge in [-0.25, -0.2) is 4.39 Å². The Morgan fingerprint density at radius 1 is 1.13 bits per heavy atom. The third kappa shape index (κ3) is 1.33. The summed E-state index contributed by atoms with van der Waals surface area (Å²) in [6.07, 6.45) is 2.01. The Morgan fingerprint density at radius 2 is 1.93 bits per heavy atom. The SMILES string of the molecule is NC1(c2ccc3cccc(F)c3c2)CC1. The second-order valence-electron chi connectivity index (χ2n) is 4.33. The van der Waals surface area contributed by atoms with E-state index in [1.807, 2.05) is 24.3 Å².